The normalized spacial score (nSPS) is 15.4. The second-order valence-corrected chi connectivity index (χ2v) is 10.4. The van der Waals surface area contributed by atoms with Crippen LogP contribution in [-0.4, -0.2) is 79.0 Å². The molecule has 1 aromatic carbocycles. The number of carbonyl (C=O) groups is 2. The molecule has 1 fully saturated rings. The fourth-order valence-electron chi connectivity index (χ4n) is 4.20. The van der Waals surface area contributed by atoms with Gasteiger partial charge in [0.25, 0.3) is 6.43 Å². The van der Waals surface area contributed by atoms with Crippen LogP contribution in [0, 0.1) is 11.3 Å². The number of likely N-dealkylation sites (N-methyl/N-ethyl adjacent to an activating group) is 1. The minimum atomic E-state index is -2.64. The highest BCUT2D eigenvalue weighted by molar-refractivity contribution is 6.12. The van der Waals surface area contributed by atoms with Crippen LogP contribution in [0.3, 0.4) is 0 Å². The number of nitrogens with one attached hydrogen (secondary N) is 1. The van der Waals surface area contributed by atoms with Crippen molar-refractivity contribution in [3.8, 4) is 11.8 Å². The van der Waals surface area contributed by atoms with E-state index in [1.807, 2.05) is 51.9 Å². The summed E-state index contributed by atoms with van der Waals surface area (Å²) in [6.45, 7) is 6.04. The van der Waals surface area contributed by atoms with Crippen molar-refractivity contribution in [2.24, 2.45) is 0 Å². The first-order valence-corrected chi connectivity index (χ1v) is 12.2. The Labute approximate surface area is 215 Å². The lowest BCUT2D eigenvalue weighted by atomic mass is 9.88. The van der Waals surface area contributed by atoms with Gasteiger partial charge in [0.1, 0.15) is 24.0 Å². The first kappa shape index (κ1) is 28.1. The number of ketones is 1. The zero-order valence-corrected chi connectivity index (χ0v) is 21.9. The van der Waals surface area contributed by atoms with E-state index in [4.69, 9.17) is 9.47 Å². The number of nitriles is 1. The lowest BCUT2D eigenvalue weighted by Gasteiger charge is -2.34. The van der Waals surface area contributed by atoms with Gasteiger partial charge in [0.2, 0.25) is 5.78 Å². The molecule has 1 saturated heterocycles. The van der Waals surface area contributed by atoms with E-state index in [9.17, 15) is 23.6 Å². The molecule has 1 aliphatic rings. The van der Waals surface area contributed by atoms with Crippen molar-refractivity contribution in [2.45, 2.75) is 51.6 Å². The van der Waals surface area contributed by atoms with Gasteiger partial charge in [-0.2, -0.15) is 5.26 Å². The number of allylic oxidation sites excluding steroid dienone is 1. The number of piperidine rings is 1. The molecule has 8 nitrogen and oxygen atoms in total. The van der Waals surface area contributed by atoms with Crippen molar-refractivity contribution in [1.82, 2.24) is 14.8 Å². The third-order valence-corrected chi connectivity index (χ3v) is 5.97. The predicted octanol–water partition coefficient (Wildman–Crippen LogP) is 5.12. The highest BCUT2D eigenvalue weighted by atomic mass is 19.3. The fourth-order valence-corrected chi connectivity index (χ4v) is 4.20. The van der Waals surface area contributed by atoms with Gasteiger partial charge in [-0.25, -0.2) is 13.6 Å². The standard InChI is InChI=1S/C27H34F2N4O4/c1-27(2,3)37-26(35)33-10-7-17(8-11-33)20-14-21-19(13-23(20)36-16-24(28)29)12-22(31-21)25(34)18(15-30)6-9-32(4)5/h6,12-14,17,24,31H,7-11,16H2,1-5H3/b18-6+. The van der Waals surface area contributed by atoms with E-state index < -0.39 is 24.4 Å². The lowest BCUT2D eigenvalue weighted by molar-refractivity contribution is 0.0203. The van der Waals surface area contributed by atoms with Crippen LogP contribution in [-0.2, 0) is 4.74 Å². The number of hydrogen-bond acceptors (Lipinski definition) is 6. The van der Waals surface area contributed by atoms with Gasteiger partial charge in [0.15, 0.2) is 0 Å². The third kappa shape index (κ3) is 7.52. The minimum Gasteiger partial charge on any atom is -0.487 e. The third-order valence-electron chi connectivity index (χ3n) is 5.97. The molecule has 1 amide bonds. The van der Waals surface area contributed by atoms with E-state index in [2.05, 4.69) is 4.98 Å². The molecule has 1 aromatic heterocycles. The maximum atomic E-state index is 13.0. The van der Waals surface area contributed by atoms with Crippen LogP contribution in [0.5, 0.6) is 5.75 Å². The van der Waals surface area contributed by atoms with Crippen molar-refractivity contribution >= 4 is 22.8 Å². The number of ether oxygens (including phenoxy) is 2. The number of alkyl halides is 2. The zero-order chi connectivity index (χ0) is 27.3. The number of fused-ring (bicyclic) bond motifs is 1. The van der Waals surface area contributed by atoms with Gasteiger partial charge in [-0.1, -0.05) is 0 Å². The summed E-state index contributed by atoms with van der Waals surface area (Å²) in [5.74, 6) is -0.152. The van der Waals surface area contributed by atoms with Gasteiger partial charge in [-0.15, -0.1) is 0 Å². The molecule has 0 spiro atoms. The van der Waals surface area contributed by atoms with Crippen LogP contribution in [0.2, 0.25) is 0 Å². The Bertz CT molecular complexity index is 1200. The average Bonchev–Trinajstić information content (AvgIpc) is 3.24. The number of aromatic nitrogens is 1. The molecule has 0 unspecified atom stereocenters. The highest BCUT2D eigenvalue weighted by Crippen LogP contribution is 2.38. The van der Waals surface area contributed by atoms with Crippen molar-refractivity contribution in [3.05, 3.63) is 41.1 Å². The Morgan fingerprint density at radius 3 is 2.49 bits per heavy atom. The zero-order valence-electron chi connectivity index (χ0n) is 21.9. The molecule has 1 aliphatic heterocycles. The van der Waals surface area contributed by atoms with Crippen LogP contribution in [0.1, 0.15) is 55.6 Å². The van der Waals surface area contributed by atoms with Crippen LogP contribution >= 0.6 is 0 Å². The number of rotatable bonds is 8. The predicted molar refractivity (Wildman–Crippen MR) is 136 cm³/mol. The number of H-pyrrole nitrogens is 1. The van der Waals surface area contributed by atoms with Crippen LogP contribution in [0.25, 0.3) is 10.9 Å². The number of amides is 1. The van der Waals surface area contributed by atoms with E-state index in [1.54, 1.807) is 23.1 Å². The second-order valence-electron chi connectivity index (χ2n) is 10.4. The van der Waals surface area contributed by atoms with Crippen LogP contribution in [0.15, 0.2) is 29.8 Å². The van der Waals surface area contributed by atoms with Gasteiger partial charge in [0.05, 0.1) is 11.3 Å². The van der Waals surface area contributed by atoms with E-state index in [-0.39, 0.29) is 23.3 Å². The van der Waals surface area contributed by atoms with Gasteiger partial charge in [-0.3, -0.25) is 4.79 Å². The molecule has 2 aromatic rings. The van der Waals surface area contributed by atoms with Crippen LogP contribution in [0.4, 0.5) is 13.6 Å². The first-order chi connectivity index (χ1) is 17.4. The molecule has 2 heterocycles. The number of carbonyl (C=O) groups excluding carboxylic acids is 2. The molecule has 37 heavy (non-hydrogen) atoms. The molecule has 0 aliphatic carbocycles. The van der Waals surface area contributed by atoms with Crippen molar-refractivity contribution in [3.63, 3.8) is 0 Å². The number of Topliss-reactive ketones (excluding diaryl/α,β-unsaturated/α-hetero) is 1. The summed E-state index contributed by atoms with van der Waals surface area (Å²) in [6, 6.07) is 7.01. The molecular weight excluding hydrogens is 482 g/mol. The molecule has 0 saturated carbocycles. The molecule has 0 radical (unpaired) electrons. The number of hydrogen-bond donors (Lipinski definition) is 1. The monoisotopic (exact) mass is 516 g/mol. The highest BCUT2D eigenvalue weighted by Gasteiger charge is 2.29. The van der Waals surface area contributed by atoms with E-state index >= 15 is 0 Å². The minimum absolute atomic E-state index is 0.0177. The molecule has 1 N–H and O–H groups in total. The molecule has 3 rings (SSSR count). The SMILES string of the molecule is CN(C)C/C=C(\C#N)C(=O)c1cc2cc(OCC(F)F)c(C3CCN(C(=O)OC(C)(C)C)CC3)cc2[nH]1. The summed E-state index contributed by atoms with van der Waals surface area (Å²) >= 11 is 0. The molecular formula is C27H34F2N4O4. The summed E-state index contributed by atoms with van der Waals surface area (Å²) in [6.07, 6.45) is -0.239. The van der Waals surface area contributed by atoms with Crippen molar-refractivity contribution in [2.75, 3.05) is 40.3 Å². The maximum absolute atomic E-state index is 13.0. The topological polar surface area (TPSA) is 98.7 Å². The number of nitrogens with zero attached hydrogens (tertiary/aromatic N) is 3. The van der Waals surface area contributed by atoms with Gasteiger partial charge in [-0.05, 0) is 83.5 Å². The largest absolute Gasteiger partial charge is 0.487 e. The van der Waals surface area contributed by atoms with Gasteiger partial charge in [0, 0.05) is 30.5 Å². The number of likely N-dealkylation sites (tertiary alicyclic amines) is 1. The molecule has 0 bridgehead atoms. The Morgan fingerprint density at radius 2 is 1.92 bits per heavy atom. The maximum Gasteiger partial charge on any atom is 0.410 e. The van der Waals surface area contributed by atoms with Crippen LogP contribution < -0.4 is 4.74 Å². The summed E-state index contributed by atoms with van der Waals surface area (Å²) in [5, 5.41) is 10.1. The van der Waals surface area contributed by atoms with E-state index in [1.165, 1.54) is 0 Å². The summed E-state index contributed by atoms with van der Waals surface area (Å²) in [5.41, 5.74) is 1.04. The Balaban J connectivity index is 1.88. The van der Waals surface area contributed by atoms with Gasteiger partial charge < -0.3 is 24.3 Å². The van der Waals surface area contributed by atoms with Crippen molar-refractivity contribution in [1.29, 1.82) is 5.26 Å². The van der Waals surface area contributed by atoms with E-state index in [0.717, 1.165) is 5.56 Å². The molecule has 200 valence electrons. The van der Waals surface area contributed by atoms with Gasteiger partial charge >= 0.3 is 6.09 Å². The Morgan fingerprint density at radius 1 is 1.24 bits per heavy atom. The van der Waals surface area contributed by atoms with Crippen molar-refractivity contribution < 1.29 is 27.8 Å². The lowest BCUT2D eigenvalue weighted by Crippen LogP contribution is -2.41. The Hall–Kier alpha value is -3.45. The smallest absolute Gasteiger partial charge is 0.410 e. The number of benzene rings is 1. The summed E-state index contributed by atoms with van der Waals surface area (Å²) in [7, 11) is 3.67. The number of halogens is 2. The second kappa shape index (κ2) is 11.7. The number of aromatic amines is 1. The fraction of sp³-hybridized carbons (Fsp3) is 0.519. The Kier molecular flexibility index (Phi) is 8.92. The first-order valence-electron chi connectivity index (χ1n) is 12.2. The van der Waals surface area contributed by atoms with E-state index in [0.29, 0.717) is 49.1 Å². The average molecular weight is 517 g/mol. The summed E-state index contributed by atoms with van der Waals surface area (Å²) < 4.78 is 36.9. The molecule has 10 heteroatoms. The summed E-state index contributed by atoms with van der Waals surface area (Å²) in [4.78, 5) is 31.9. The quantitative estimate of drug-likeness (QED) is 0.297. The molecule has 0 atom stereocenters.